The molecule has 0 unspecified atom stereocenters. The van der Waals surface area contributed by atoms with Gasteiger partial charge >= 0.3 is 5.90 Å². The molecule has 4 nitrogen and oxygen atoms in total. The first-order chi connectivity index (χ1) is 6.15. The van der Waals surface area contributed by atoms with Gasteiger partial charge in [-0.05, 0) is 19.1 Å². The molecule has 0 amide bonds. The van der Waals surface area contributed by atoms with E-state index in [0.717, 1.165) is 0 Å². The van der Waals surface area contributed by atoms with Crippen LogP contribution in [0.15, 0.2) is 18.2 Å². The Kier molecular flexibility index (Phi) is 4.80. The fraction of sp³-hybridized carbons (Fsp3) is 0.222. The van der Waals surface area contributed by atoms with Crippen molar-refractivity contribution in [2.45, 2.75) is 6.92 Å². The molecule has 0 aliphatic heterocycles. The molecular formula is C9H12ClNO3. The highest BCUT2D eigenvalue weighted by molar-refractivity contribution is 5.92. The van der Waals surface area contributed by atoms with Gasteiger partial charge < -0.3 is 27.4 Å². The van der Waals surface area contributed by atoms with Crippen molar-refractivity contribution in [1.29, 1.82) is 0 Å². The highest BCUT2D eigenvalue weighted by atomic mass is 35.5. The molecule has 1 rings (SSSR count). The second-order valence-corrected chi connectivity index (χ2v) is 2.50. The Balaban J connectivity index is 0.00000169. The van der Waals surface area contributed by atoms with Gasteiger partial charge in [0, 0.05) is 6.07 Å². The maximum Gasteiger partial charge on any atom is 0.370 e. The van der Waals surface area contributed by atoms with Gasteiger partial charge in [-0.1, -0.05) is 0 Å². The Morgan fingerprint density at radius 1 is 1.43 bits per heavy atom. The average molecular weight is 218 g/mol. The lowest BCUT2D eigenvalue weighted by molar-refractivity contribution is -0.138. The SMILES string of the molecule is CCOC(=[NH2+])c1ccc(O)cc1O.[Cl-]. The zero-order chi connectivity index (χ0) is 9.84. The number of ether oxygens (including phenoxy) is 1. The highest BCUT2D eigenvalue weighted by Gasteiger charge is 2.13. The van der Waals surface area contributed by atoms with E-state index in [-0.39, 0.29) is 29.8 Å². The lowest BCUT2D eigenvalue weighted by atomic mass is 10.2. The van der Waals surface area contributed by atoms with Gasteiger partial charge in [-0.3, -0.25) is 0 Å². The van der Waals surface area contributed by atoms with E-state index in [9.17, 15) is 5.11 Å². The van der Waals surface area contributed by atoms with Gasteiger partial charge in [-0.25, -0.2) is 5.41 Å². The van der Waals surface area contributed by atoms with Crippen LogP contribution in [0.5, 0.6) is 11.5 Å². The number of nitrogens with two attached hydrogens (primary N) is 1. The Bertz CT molecular complexity index is 328. The van der Waals surface area contributed by atoms with Crippen LogP contribution in [-0.4, -0.2) is 22.7 Å². The summed E-state index contributed by atoms with van der Waals surface area (Å²) in [5.74, 6) is 0.0523. The van der Waals surface area contributed by atoms with Crippen LogP contribution in [0.25, 0.3) is 0 Å². The number of aromatic hydroxyl groups is 2. The second-order valence-electron chi connectivity index (χ2n) is 2.50. The summed E-state index contributed by atoms with van der Waals surface area (Å²) in [4.78, 5) is 0. The molecule has 0 radical (unpaired) electrons. The van der Waals surface area contributed by atoms with Crippen LogP contribution in [0.2, 0.25) is 0 Å². The zero-order valence-electron chi connectivity index (χ0n) is 7.70. The minimum atomic E-state index is -0.0917. The van der Waals surface area contributed by atoms with Crippen LogP contribution >= 0.6 is 0 Å². The van der Waals surface area contributed by atoms with Crippen molar-refractivity contribution >= 4 is 5.90 Å². The molecule has 0 heterocycles. The largest absolute Gasteiger partial charge is 1.00 e. The molecule has 0 bridgehead atoms. The lowest BCUT2D eigenvalue weighted by Crippen LogP contribution is -3.00. The van der Waals surface area contributed by atoms with Gasteiger partial charge in [0.25, 0.3) is 0 Å². The quantitative estimate of drug-likeness (QED) is 0.358. The summed E-state index contributed by atoms with van der Waals surface area (Å²) >= 11 is 0. The molecule has 14 heavy (non-hydrogen) atoms. The van der Waals surface area contributed by atoms with Crippen molar-refractivity contribution in [3.8, 4) is 11.5 Å². The van der Waals surface area contributed by atoms with Gasteiger partial charge in [-0.2, -0.15) is 0 Å². The fourth-order valence-electron chi connectivity index (χ4n) is 0.962. The first-order valence-electron chi connectivity index (χ1n) is 3.92. The first-order valence-corrected chi connectivity index (χ1v) is 3.92. The second kappa shape index (κ2) is 5.34. The maximum absolute atomic E-state index is 9.35. The van der Waals surface area contributed by atoms with Crippen LogP contribution in [0.3, 0.4) is 0 Å². The molecule has 1 aromatic rings. The molecule has 0 saturated heterocycles. The number of benzene rings is 1. The minimum absolute atomic E-state index is 0. The standard InChI is InChI=1S/C9H11NO3.ClH/c1-2-13-9(10)7-4-3-6(11)5-8(7)12;/h3-5,10-12H,2H2,1H3;1H. The van der Waals surface area contributed by atoms with E-state index in [2.05, 4.69) is 0 Å². The highest BCUT2D eigenvalue weighted by Crippen LogP contribution is 2.22. The molecule has 4 N–H and O–H groups in total. The van der Waals surface area contributed by atoms with Crippen molar-refractivity contribution < 1.29 is 32.8 Å². The van der Waals surface area contributed by atoms with Gasteiger partial charge in [0.15, 0.2) is 0 Å². The lowest BCUT2D eigenvalue weighted by Gasteiger charge is -2.02. The van der Waals surface area contributed by atoms with E-state index < -0.39 is 0 Å². The summed E-state index contributed by atoms with van der Waals surface area (Å²) in [5, 5.41) is 23.9. The summed E-state index contributed by atoms with van der Waals surface area (Å²) in [6, 6.07) is 4.14. The Morgan fingerprint density at radius 3 is 2.57 bits per heavy atom. The van der Waals surface area contributed by atoms with Crippen molar-refractivity contribution in [1.82, 2.24) is 0 Å². The van der Waals surface area contributed by atoms with Crippen molar-refractivity contribution in [3.63, 3.8) is 0 Å². The summed E-state index contributed by atoms with van der Waals surface area (Å²) < 4.78 is 5.00. The van der Waals surface area contributed by atoms with Crippen LogP contribution in [0.1, 0.15) is 12.5 Å². The Hall–Kier alpha value is -1.42. The summed E-state index contributed by atoms with van der Waals surface area (Å²) in [5.41, 5.74) is 0.389. The number of hydrogen-bond donors (Lipinski definition) is 3. The smallest absolute Gasteiger partial charge is 0.370 e. The third kappa shape index (κ3) is 2.81. The van der Waals surface area contributed by atoms with E-state index >= 15 is 0 Å². The molecule has 5 heteroatoms. The predicted molar refractivity (Wildman–Crippen MR) is 47.4 cm³/mol. The van der Waals surface area contributed by atoms with Crippen LogP contribution in [0, 0.1) is 0 Å². The fourth-order valence-corrected chi connectivity index (χ4v) is 0.962. The number of phenols is 2. The molecule has 0 aliphatic carbocycles. The molecule has 0 aliphatic rings. The molecule has 1 aromatic carbocycles. The molecular weight excluding hydrogens is 206 g/mol. The van der Waals surface area contributed by atoms with Gasteiger partial charge in [0.2, 0.25) is 0 Å². The van der Waals surface area contributed by atoms with Crippen LogP contribution < -0.4 is 17.8 Å². The van der Waals surface area contributed by atoms with E-state index in [0.29, 0.717) is 12.2 Å². The van der Waals surface area contributed by atoms with E-state index in [1.165, 1.54) is 18.2 Å². The summed E-state index contributed by atoms with van der Waals surface area (Å²) in [7, 11) is 0. The first kappa shape index (κ1) is 12.6. The van der Waals surface area contributed by atoms with Gasteiger partial charge in [0.05, 0.1) is 6.61 Å². The van der Waals surface area contributed by atoms with E-state index in [1.54, 1.807) is 6.92 Å². The van der Waals surface area contributed by atoms with E-state index in [1.807, 2.05) is 0 Å². The zero-order valence-corrected chi connectivity index (χ0v) is 8.45. The van der Waals surface area contributed by atoms with Crippen molar-refractivity contribution in [2.24, 2.45) is 0 Å². The van der Waals surface area contributed by atoms with Gasteiger partial charge in [0.1, 0.15) is 17.1 Å². The van der Waals surface area contributed by atoms with Crippen LogP contribution in [-0.2, 0) is 4.74 Å². The Labute approximate surface area is 88.1 Å². The minimum Gasteiger partial charge on any atom is -1.00 e. The number of halogens is 1. The molecule has 0 fully saturated rings. The van der Waals surface area contributed by atoms with Crippen LogP contribution in [0.4, 0.5) is 0 Å². The molecule has 0 spiro atoms. The molecule has 0 aromatic heterocycles. The third-order valence-electron chi connectivity index (χ3n) is 1.55. The Morgan fingerprint density at radius 2 is 2.07 bits per heavy atom. The summed E-state index contributed by atoms with van der Waals surface area (Å²) in [6.45, 7) is 2.23. The van der Waals surface area contributed by atoms with Crippen molar-refractivity contribution in [3.05, 3.63) is 23.8 Å². The number of hydrogen-bond acceptors (Lipinski definition) is 3. The average Bonchev–Trinajstić information content (AvgIpc) is 2.04. The topological polar surface area (TPSA) is 75.3 Å². The number of rotatable bonds is 2. The van der Waals surface area contributed by atoms with E-state index in [4.69, 9.17) is 15.3 Å². The molecule has 0 atom stereocenters. The molecule has 78 valence electrons. The summed E-state index contributed by atoms with van der Waals surface area (Å²) in [6.07, 6.45) is 0. The number of phenolic OH excluding ortho intramolecular Hbond substituents is 2. The molecule has 0 saturated carbocycles. The monoisotopic (exact) mass is 217 g/mol. The van der Waals surface area contributed by atoms with Crippen molar-refractivity contribution in [2.75, 3.05) is 6.61 Å². The van der Waals surface area contributed by atoms with Gasteiger partial charge in [-0.15, -0.1) is 0 Å². The third-order valence-corrected chi connectivity index (χ3v) is 1.55. The predicted octanol–water partition coefficient (Wildman–Crippen LogP) is -3.36. The maximum atomic E-state index is 9.35. The normalized spacial score (nSPS) is 8.93.